The van der Waals surface area contributed by atoms with E-state index in [9.17, 15) is 0 Å². The first-order chi connectivity index (χ1) is 14.7. The summed E-state index contributed by atoms with van der Waals surface area (Å²) in [5, 5.41) is 0.261. The zero-order valence-corrected chi connectivity index (χ0v) is 22.5. The van der Waals surface area contributed by atoms with Gasteiger partial charge in [-0.15, -0.1) is 0 Å². The summed E-state index contributed by atoms with van der Waals surface area (Å²) in [6.07, 6.45) is 4.89. The number of aromatic amines is 1. The highest BCUT2D eigenvalue weighted by atomic mass is 28.4. The van der Waals surface area contributed by atoms with Gasteiger partial charge in [0.05, 0.1) is 22.2 Å². The van der Waals surface area contributed by atoms with Crippen LogP contribution in [0.25, 0.3) is 11.0 Å². The number of hydrogen-bond donors (Lipinski definition) is 1. The second-order valence-electron chi connectivity index (χ2n) is 12.3. The summed E-state index contributed by atoms with van der Waals surface area (Å²) in [6.45, 7) is 20.0. The zero-order chi connectivity index (χ0) is 23.5. The van der Waals surface area contributed by atoms with Crippen molar-refractivity contribution in [1.82, 2.24) is 9.97 Å². The third-order valence-electron chi connectivity index (χ3n) is 8.38. The van der Waals surface area contributed by atoms with E-state index in [0.717, 1.165) is 48.0 Å². The molecule has 1 aromatic heterocycles. The van der Waals surface area contributed by atoms with E-state index >= 15 is 0 Å². The van der Waals surface area contributed by atoms with Gasteiger partial charge in [-0.1, -0.05) is 26.8 Å². The van der Waals surface area contributed by atoms with E-state index in [4.69, 9.17) is 18.7 Å². The molecule has 4 rings (SSSR count). The quantitative estimate of drug-likeness (QED) is 0.581. The molecule has 0 radical (unpaired) electrons. The van der Waals surface area contributed by atoms with Crippen LogP contribution in [0.4, 0.5) is 0 Å². The molecule has 5 nitrogen and oxygen atoms in total. The molecule has 2 heterocycles. The summed E-state index contributed by atoms with van der Waals surface area (Å²) >= 11 is 0. The van der Waals surface area contributed by atoms with Gasteiger partial charge in [0.25, 0.3) is 0 Å². The van der Waals surface area contributed by atoms with Gasteiger partial charge in [0.15, 0.2) is 8.32 Å². The Hall–Kier alpha value is -1.15. The lowest BCUT2D eigenvalue weighted by Gasteiger charge is -2.41. The van der Waals surface area contributed by atoms with Gasteiger partial charge in [-0.3, -0.25) is 0 Å². The molecule has 0 unspecified atom stereocenters. The van der Waals surface area contributed by atoms with Crippen LogP contribution in [0, 0.1) is 0 Å². The Bertz CT molecular complexity index is 955. The molecule has 0 bridgehead atoms. The van der Waals surface area contributed by atoms with Crippen molar-refractivity contribution in [2.75, 3.05) is 0 Å². The van der Waals surface area contributed by atoms with Crippen molar-refractivity contribution in [3.63, 3.8) is 0 Å². The zero-order valence-electron chi connectivity index (χ0n) is 21.5. The standard InChI is InChI=1S/C25H41BN2O3Si/c1-23(2,3)32(8,9)29-19-13-10-17(11-14-19)22-27-20-15-12-18(16-21(20)28-22)26-30-24(4,5)25(6,7)31-26/h12,15-17,19H,10-11,13-14H2,1-9H3,(H,27,28)/t17-,19-. The van der Waals surface area contributed by atoms with Crippen LogP contribution >= 0.6 is 0 Å². The average Bonchev–Trinajstić information content (AvgIpc) is 3.18. The second-order valence-corrected chi connectivity index (χ2v) is 17.1. The molecule has 2 fully saturated rings. The number of rotatable bonds is 4. The summed E-state index contributed by atoms with van der Waals surface area (Å²) in [5.41, 5.74) is 2.44. The Kier molecular flexibility index (Phi) is 5.97. The van der Waals surface area contributed by atoms with Crippen LogP contribution in [0.3, 0.4) is 0 Å². The highest BCUT2D eigenvalue weighted by Crippen LogP contribution is 2.41. The van der Waals surface area contributed by atoms with Crippen LogP contribution in [0.1, 0.15) is 85.9 Å². The van der Waals surface area contributed by atoms with Crippen molar-refractivity contribution >= 4 is 31.9 Å². The lowest BCUT2D eigenvalue weighted by Crippen LogP contribution is -2.44. The Labute approximate surface area is 195 Å². The van der Waals surface area contributed by atoms with E-state index in [1.807, 2.05) is 0 Å². The molecule has 1 N–H and O–H groups in total. The topological polar surface area (TPSA) is 56.4 Å². The average molecular weight is 457 g/mol. The summed E-state index contributed by atoms with van der Waals surface area (Å²) in [7, 11) is -2.06. The Morgan fingerprint density at radius 2 is 1.62 bits per heavy atom. The number of H-pyrrole nitrogens is 1. The molecule has 2 aliphatic rings. The first-order valence-electron chi connectivity index (χ1n) is 12.2. The van der Waals surface area contributed by atoms with E-state index in [1.165, 1.54) is 0 Å². The highest BCUT2D eigenvalue weighted by Gasteiger charge is 2.51. The predicted octanol–water partition coefficient (Wildman–Crippen LogP) is 5.91. The molecule has 1 aliphatic carbocycles. The first-order valence-corrected chi connectivity index (χ1v) is 15.1. The van der Waals surface area contributed by atoms with Crippen molar-refractivity contribution in [3.8, 4) is 0 Å². The molecule has 2 aromatic rings. The maximum Gasteiger partial charge on any atom is 0.494 e. The molecule has 1 aliphatic heterocycles. The fourth-order valence-electron chi connectivity index (χ4n) is 4.41. The number of fused-ring (bicyclic) bond motifs is 1. The van der Waals surface area contributed by atoms with Gasteiger partial charge in [0.2, 0.25) is 0 Å². The molecular weight excluding hydrogens is 415 g/mol. The van der Waals surface area contributed by atoms with Gasteiger partial charge < -0.3 is 18.7 Å². The Balaban J connectivity index is 1.43. The summed E-state index contributed by atoms with van der Waals surface area (Å²) in [6, 6.07) is 6.31. The van der Waals surface area contributed by atoms with Crippen LogP contribution in [0.2, 0.25) is 18.1 Å². The first kappa shape index (κ1) is 24.0. The second kappa shape index (κ2) is 7.97. The fraction of sp³-hybridized carbons (Fsp3) is 0.720. The summed E-state index contributed by atoms with van der Waals surface area (Å²) in [4.78, 5) is 8.53. The third-order valence-corrected chi connectivity index (χ3v) is 12.9. The highest BCUT2D eigenvalue weighted by molar-refractivity contribution is 6.74. The van der Waals surface area contributed by atoms with E-state index in [2.05, 4.69) is 84.7 Å². The minimum absolute atomic E-state index is 0.261. The molecule has 176 valence electrons. The SMILES string of the molecule is CC1(C)OB(c2ccc3nc([C@H]4CC[C@H](O[Si](C)(C)C(C)(C)C)CC4)[nH]c3c2)OC1(C)C. The van der Waals surface area contributed by atoms with Crippen molar-refractivity contribution in [2.24, 2.45) is 0 Å². The van der Waals surface area contributed by atoms with Crippen LogP contribution < -0.4 is 5.46 Å². The molecule has 0 atom stereocenters. The van der Waals surface area contributed by atoms with Gasteiger partial charge in [-0.2, -0.15) is 0 Å². The van der Waals surface area contributed by atoms with E-state index in [0.29, 0.717) is 12.0 Å². The van der Waals surface area contributed by atoms with Crippen molar-refractivity contribution in [1.29, 1.82) is 0 Å². The summed E-state index contributed by atoms with van der Waals surface area (Å²) < 4.78 is 19.1. The van der Waals surface area contributed by atoms with Gasteiger partial charge in [0.1, 0.15) is 5.82 Å². The van der Waals surface area contributed by atoms with Gasteiger partial charge in [-0.05, 0) is 89.1 Å². The number of nitrogens with one attached hydrogen (secondary N) is 1. The van der Waals surface area contributed by atoms with Crippen LogP contribution in [0.5, 0.6) is 0 Å². The normalized spacial score (nSPS) is 26.1. The van der Waals surface area contributed by atoms with E-state index in [-0.39, 0.29) is 23.4 Å². The predicted molar refractivity (Wildman–Crippen MR) is 135 cm³/mol. The molecule has 0 spiro atoms. The smallest absolute Gasteiger partial charge is 0.414 e. The number of imidazole rings is 1. The molecule has 1 saturated heterocycles. The van der Waals surface area contributed by atoms with E-state index < -0.39 is 8.32 Å². The lowest BCUT2D eigenvalue weighted by molar-refractivity contribution is 0.00578. The van der Waals surface area contributed by atoms with Crippen molar-refractivity contribution in [3.05, 3.63) is 24.0 Å². The molecule has 1 saturated carbocycles. The minimum Gasteiger partial charge on any atom is -0.414 e. The van der Waals surface area contributed by atoms with Gasteiger partial charge in [0, 0.05) is 12.0 Å². The summed E-state index contributed by atoms with van der Waals surface area (Å²) in [5.74, 6) is 1.58. The van der Waals surface area contributed by atoms with E-state index in [1.54, 1.807) is 0 Å². The van der Waals surface area contributed by atoms with Crippen LogP contribution in [0.15, 0.2) is 18.2 Å². The Morgan fingerprint density at radius 1 is 1.03 bits per heavy atom. The molecule has 1 aromatic carbocycles. The largest absolute Gasteiger partial charge is 0.494 e. The van der Waals surface area contributed by atoms with Crippen molar-refractivity contribution in [2.45, 2.75) is 116 Å². The monoisotopic (exact) mass is 456 g/mol. The minimum atomic E-state index is -1.71. The molecule has 7 heteroatoms. The third kappa shape index (κ3) is 4.46. The van der Waals surface area contributed by atoms with Gasteiger partial charge in [-0.25, -0.2) is 4.98 Å². The maximum absolute atomic E-state index is 6.67. The van der Waals surface area contributed by atoms with Crippen LogP contribution in [-0.2, 0) is 13.7 Å². The van der Waals surface area contributed by atoms with Crippen LogP contribution in [-0.4, -0.2) is 42.7 Å². The molecule has 32 heavy (non-hydrogen) atoms. The Morgan fingerprint density at radius 3 is 2.19 bits per heavy atom. The lowest BCUT2D eigenvalue weighted by atomic mass is 9.79. The number of hydrogen-bond acceptors (Lipinski definition) is 4. The molecule has 0 amide bonds. The fourth-order valence-corrected chi connectivity index (χ4v) is 5.84. The van der Waals surface area contributed by atoms with Gasteiger partial charge >= 0.3 is 7.12 Å². The maximum atomic E-state index is 6.67. The number of nitrogens with zero attached hydrogens (tertiary/aromatic N) is 1. The molecular formula is C25H41BN2O3Si. The number of aromatic nitrogens is 2. The number of benzene rings is 1. The van der Waals surface area contributed by atoms with Crippen molar-refractivity contribution < 1.29 is 13.7 Å².